The Morgan fingerprint density at radius 2 is 1.65 bits per heavy atom. The van der Waals surface area contributed by atoms with Gasteiger partial charge in [-0.3, -0.25) is 14.7 Å². The van der Waals surface area contributed by atoms with Gasteiger partial charge in [-0.25, -0.2) is 0 Å². The molecule has 7 nitrogen and oxygen atoms in total. The number of nitrogens with zero attached hydrogens (tertiary/aromatic N) is 3. The molecule has 4 rings (SSSR count). The lowest BCUT2D eigenvalue weighted by molar-refractivity contribution is -0.131. The van der Waals surface area contributed by atoms with Gasteiger partial charge >= 0.3 is 0 Å². The van der Waals surface area contributed by atoms with Gasteiger partial charge in [0.1, 0.15) is 11.4 Å². The van der Waals surface area contributed by atoms with Crippen LogP contribution in [0.15, 0.2) is 59.1 Å². The number of ether oxygens (including phenoxy) is 1. The van der Waals surface area contributed by atoms with Crippen molar-refractivity contribution < 1.29 is 14.3 Å². The maximum Gasteiger partial charge on any atom is 0.272 e. The summed E-state index contributed by atoms with van der Waals surface area (Å²) in [5.41, 5.74) is 3.06. The minimum absolute atomic E-state index is 0.0660. The highest BCUT2D eigenvalue weighted by Gasteiger charge is 2.26. The van der Waals surface area contributed by atoms with Gasteiger partial charge in [-0.05, 0) is 35.9 Å². The summed E-state index contributed by atoms with van der Waals surface area (Å²) in [5, 5.41) is 7.12. The molecule has 2 heterocycles. The highest BCUT2D eigenvalue weighted by molar-refractivity contribution is 9.10. The molecule has 31 heavy (non-hydrogen) atoms. The van der Waals surface area contributed by atoms with Gasteiger partial charge in [-0.15, -0.1) is 0 Å². The second-order valence-corrected chi connectivity index (χ2v) is 8.29. The zero-order chi connectivity index (χ0) is 21.8. The molecule has 8 heteroatoms. The lowest BCUT2D eigenvalue weighted by Gasteiger charge is -2.34. The molecule has 1 N–H and O–H groups in total. The maximum absolute atomic E-state index is 12.9. The van der Waals surface area contributed by atoms with E-state index < -0.39 is 0 Å². The first-order chi connectivity index (χ1) is 15.0. The van der Waals surface area contributed by atoms with E-state index in [1.165, 1.54) is 0 Å². The maximum atomic E-state index is 12.9. The van der Waals surface area contributed by atoms with Gasteiger partial charge in [0.25, 0.3) is 5.91 Å². The van der Waals surface area contributed by atoms with Crippen LogP contribution in [0.1, 0.15) is 16.1 Å². The van der Waals surface area contributed by atoms with Crippen LogP contribution in [0.5, 0.6) is 5.75 Å². The molecule has 0 aliphatic carbocycles. The fraction of sp³-hybridized carbons (Fsp3) is 0.261. The summed E-state index contributed by atoms with van der Waals surface area (Å²) in [5.74, 6) is 0.736. The fourth-order valence-corrected chi connectivity index (χ4v) is 3.82. The minimum Gasteiger partial charge on any atom is -0.497 e. The Kier molecular flexibility index (Phi) is 6.36. The molecule has 1 fully saturated rings. The summed E-state index contributed by atoms with van der Waals surface area (Å²) in [7, 11) is 1.62. The molecule has 1 saturated heterocycles. The molecular formula is C23H23BrN4O3. The Hall–Kier alpha value is -3.13. The van der Waals surface area contributed by atoms with E-state index in [2.05, 4.69) is 26.1 Å². The predicted molar refractivity (Wildman–Crippen MR) is 121 cm³/mol. The first-order valence-corrected chi connectivity index (χ1v) is 10.8. The highest BCUT2D eigenvalue weighted by atomic mass is 79.9. The van der Waals surface area contributed by atoms with E-state index in [-0.39, 0.29) is 11.8 Å². The van der Waals surface area contributed by atoms with Gasteiger partial charge in [-0.1, -0.05) is 40.2 Å². The number of halogens is 1. The van der Waals surface area contributed by atoms with Crippen molar-refractivity contribution in [2.45, 2.75) is 6.42 Å². The molecule has 0 spiro atoms. The summed E-state index contributed by atoms with van der Waals surface area (Å²) in [6.07, 6.45) is 0.342. The minimum atomic E-state index is -0.0990. The molecule has 3 aromatic rings. The molecule has 1 aliphatic rings. The van der Waals surface area contributed by atoms with Gasteiger partial charge < -0.3 is 14.5 Å². The standard InChI is InChI=1S/C23H23BrN4O3/c1-31-19-8-2-16(3-9-19)14-22(29)27-10-12-28(13-11-27)23(30)21-15-20(25-26-21)17-4-6-18(24)7-5-17/h2-9,15H,10-14H2,1H3,(H,25,26). The Bertz CT molecular complexity index is 1060. The summed E-state index contributed by atoms with van der Waals surface area (Å²) in [6, 6.07) is 17.0. The van der Waals surface area contributed by atoms with Crippen molar-refractivity contribution >= 4 is 27.7 Å². The Morgan fingerprint density at radius 1 is 1.00 bits per heavy atom. The summed E-state index contributed by atoms with van der Waals surface area (Å²) in [4.78, 5) is 29.1. The number of piperazine rings is 1. The molecule has 0 unspecified atom stereocenters. The van der Waals surface area contributed by atoms with Crippen LogP contribution >= 0.6 is 15.9 Å². The van der Waals surface area contributed by atoms with Crippen LogP contribution in [-0.4, -0.2) is 65.1 Å². The summed E-state index contributed by atoms with van der Waals surface area (Å²) < 4.78 is 6.14. The van der Waals surface area contributed by atoms with E-state index in [4.69, 9.17) is 4.74 Å². The van der Waals surface area contributed by atoms with Crippen LogP contribution < -0.4 is 4.74 Å². The number of aromatic amines is 1. The van der Waals surface area contributed by atoms with Gasteiger partial charge in [0.2, 0.25) is 5.91 Å². The number of hydrogen-bond acceptors (Lipinski definition) is 4. The molecule has 2 amide bonds. The second-order valence-electron chi connectivity index (χ2n) is 7.37. The number of carbonyl (C=O) groups excluding carboxylic acids is 2. The van der Waals surface area contributed by atoms with Crippen molar-refractivity contribution in [1.29, 1.82) is 0 Å². The average Bonchev–Trinajstić information content (AvgIpc) is 3.30. The van der Waals surface area contributed by atoms with Crippen LogP contribution in [0.3, 0.4) is 0 Å². The Balaban J connectivity index is 1.32. The molecule has 1 aliphatic heterocycles. The van der Waals surface area contributed by atoms with Crippen molar-refractivity contribution in [2.24, 2.45) is 0 Å². The van der Waals surface area contributed by atoms with Crippen molar-refractivity contribution in [3.8, 4) is 17.0 Å². The van der Waals surface area contributed by atoms with E-state index in [0.29, 0.717) is 38.3 Å². The van der Waals surface area contributed by atoms with E-state index in [1.807, 2.05) is 53.4 Å². The van der Waals surface area contributed by atoms with Crippen molar-refractivity contribution in [3.05, 3.63) is 70.3 Å². The number of H-pyrrole nitrogens is 1. The SMILES string of the molecule is COc1ccc(CC(=O)N2CCN(C(=O)c3cc(-c4ccc(Br)cc4)n[nH]3)CC2)cc1. The number of carbonyl (C=O) groups is 2. The number of benzene rings is 2. The Labute approximate surface area is 189 Å². The lowest BCUT2D eigenvalue weighted by Crippen LogP contribution is -2.51. The number of hydrogen-bond donors (Lipinski definition) is 1. The van der Waals surface area contributed by atoms with Crippen LogP contribution in [0, 0.1) is 0 Å². The number of aromatic nitrogens is 2. The highest BCUT2D eigenvalue weighted by Crippen LogP contribution is 2.21. The van der Waals surface area contributed by atoms with E-state index in [0.717, 1.165) is 27.0 Å². The number of methoxy groups -OCH3 is 1. The number of nitrogens with one attached hydrogen (secondary N) is 1. The molecule has 1 aromatic heterocycles. The first-order valence-electron chi connectivity index (χ1n) is 10.0. The van der Waals surface area contributed by atoms with E-state index >= 15 is 0 Å². The van der Waals surface area contributed by atoms with Gasteiger partial charge in [-0.2, -0.15) is 5.10 Å². The van der Waals surface area contributed by atoms with Crippen molar-refractivity contribution in [2.75, 3.05) is 33.3 Å². The zero-order valence-electron chi connectivity index (χ0n) is 17.2. The largest absolute Gasteiger partial charge is 0.497 e. The zero-order valence-corrected chi connectivity index (χ0v) is 18.8. The molecule has 160 valence electrons. The van der Waals surface area contributed by atoms with E-state index in [1.54, 1.807) is 18.1 Å². The fourth-order valence-electron chi connectivity index (χ4n) is 3.56. The average molecular weight is 483 g/mol. The van der Waals surface area contributed by atoms with Gasteiger partial charge in [0, 0.05) is 36.2 Å². The smallest absolute Gasteiger partial charge is 0.272 e. The van der Waals surface area contributed by atoms with Gasteiger partial charge in [0.05, 0.1) is 19.2 Å². The third-order valence-electron chi connectivity index (χ3n) is 5.38. The topological polar surface area (TPSA) is 78.5 Å². The summed E-state index contributed by atoms with van der Waals surface area (Å²) >= 11 is 3.42. The Morgan fingerprint density at radius 3 is 2.29 bits per heavy atom. The number of amides is 2. The van der Waals surface area contributed by atoms with Crippen LogP contribution in [-0.2, 0) is 11.2 Å². The molecule has 2 aromatic carbocycles. The third kappa shape index (κ3) is 4.96. The lowest BCUT2D eigenvalue weighted by atomic mass is 10.1. The molecule has 0 saturated carbocycles. The predicted octanol–water partition coefficient (Wildman–Crippen LogP) is 3.37. The second kappa shape index (κ2) is 9.34. The van der Waals surface area contributed by atoms with Crippen LogP contribution in [0.25, 0.3) is 11.3 Å². The monoisotopic (exact) mass is 482 g/mol. The van der Waals surface area contributed by atoms with Crippen LogP contribution in [0.4, 0.5) is 0 Å². The molecule has 0 bridgehead atoms. The molecule has 0 radical (unpaired) electrons. The third-order valence-corrected chi connectivity index (χ3v) is 5.91. The molecule has 0 atom stereocenters. The summed E-state index contributed by atoms with van der Waals surface area (Å²) in [6.45, 7) is 2.04. The molecular weight excluding hydrogens is 460 g/mol. The quantitative estimate of drug-likeness (QED) is 0.604. The first kappa shape index (κ1) is 21.1. The van der Waals surface area contributed by atoms with Crippen molar-refractivity contribution in [1.82, 2.24) is 20.0 Å². The number of rotatable bonds is 5. The van der Waals surface area contributed by atoms with E-state index in [9.17, 15) is 9.59 Å². The van der Waals surface area contributed by atoms with Crippen LogP contribution in [0.2, 0.25) is 0 Å². The normalized spacial score (nSPS) is 13.9. The van der Waals surface area contributed by atoms with Gasteiger partial charge in [0.15, 0.2) is 0 Å². The van der Waals surface area contributed by atoms with Crippen molar-refractivity contribution in [3.63, 3.8) is 0 Å².